The van der Waals surface area contributed by atoms with Gasteiger partial charge >= 0.3 is 0 Å². The Morgan fingerprint density at radius 3 is 2.25 bits per heavy atom. The molecule has 1 aliphatic carbocycles. The highest BCUT2D eigenvalue weighted by Crippen LogP contribution is 2.54. The maximum Gasteiger partial charge on any atom is 0.235 e. The number of rotatable bonds is 1. The molecule has 0 amide bonds. The van der Waals surface area contributed by atoms with Crippen molar-refractivity contribution in [2.24, 2.45) is 0 Å². The number of benzene rings is 5. The predicted octanol–water partition coefficient (Wildman–Crippen LogP) is 8.19. The van der Waals surface area contributed by atoms with E-state index in [4.69, 9.17) is 9.97 Å². The summed E-state index contributed by atoms with van der Waals surface area (Å²) < 4.78 is 2.23. The molecular formula is C33H23N3. The fourth-order valence-electron chi connectivity index (χ4n) is 6.33. The third-order valence-corrected chi connectivity index (χ3v) is 7.99. The van der Waals surface area contributed by atoms with Crippen LogP contribution in [-0.2, 0) is 5.41 Å². The van der Waals surface area contributed by atoms with Crippen molar-refractivity contribution in [1.29, 1.82) is 0 Å². The van der Waals surface area contributed by atoms with Crippen molar-refractivity contribution >= 4 is 43.5 Å². The summed E-state index contributed by atoms with van der Waals surface area (Å²) in [5.74, 6) is 0.707. The minimum Gasteiger partial charge on any atom is -0.278 e. The third kappa shape index (κ3) is 2.47. The second-order valence-electron chi connectivity index (χ2n) is 10.3. The van der Waals surface area contributed by atoms with Crippen LogP contribution < -0.4 is 0 Å². The Morgan fingerprint density at radius 2 is 1.39 bits per heavy atom. The zero-order valence-electron chi connectivity index (χ0n) is 20.2. The molecule has 2 aromatic heterocycles. The summed E-state index contributed by atoms with van der Waals surface area (Å²) in [7, 11) is 0. The lowest BCUT2D eigenvalue weighted by Crippen LogP contribution is -2.15. The normalized spacial score (nSPS) is 14.1. The molecule has 2 heterocycles. The molecule has 8 rings (SSSR count). The van der Waals surface area contributed by atoms with Crippen molar-refractivity contribution in [3.63, 3.8) is 0 Å². The van der Waals surface area contributed by atoms with Gasteiger partial charge < -0.3 is 0 Å². The van der Waals surface area contributed by atoms with Gasteiger partial charge in [-0.15, -0.1) is 0 Å². The van der Waals surface area contributed by atoms with Crippen LogP contribution in [0.1, 0.15) is 25.0 Å². The first-order valence-corrected chi connectivity index (χ1v) is 12.4. The van der Waals surface area contributed by atoms with Crippen molar-refractivity contribution in [2.75, 3.05) is 0 Å². The molecule has 0 saturated carbocycles. The Labute approximate surface area is 208 Å². The zero-order chi connectivity index (χ0) is 24.0. The van der Waals surface area contributed by atoms with E-state index >= 15 is 0 Å². The van der Waals surface area contributed by atoms with Crippen LogP contribution in [0.5, 0.6) is 0 Å². The highest BCUT2D eigenvalue weighted by Gasteiger charge is 2.38. The molecule has 7 aromatic rings. The molecule has 0 bridgehead atoms. The summed E-state index contributed by atoms with van der Waals surface area (Å²) in [5, 5.41) is 6.16. The van der Waals surface area contributed by atoms with Gasteiger partial charge in [0.1, 0.15) is 0 Å². The van der Waals surface area contributed by atoms with Crippen LogP contribution in [0.4, 0.5) is 0 Å². The number of para-hydroxylation sites is 2. The quantitative estimate of drug-likeness (QED) is 0.247. The van der Waals surface area contributed by atoms with Crippen LogP contribution in [0, 0.1) is 0 Å². The molecule has 0 saturated heterocycles. The Kier molecular flexibility index (Phi) is 3.73. The van der Waals surface area contributed by atoms with Gasteiger partial charge in [-0.1, -0.05) is 80.6 Å². The Hall–Kier alpha value is -4.50. The van der Waals surface area contributed by atoms with Gasteiger partial charge in [-0.25, -0.2) is 9.97 Å². The molecule has 0 radical (unpaired) electrons. The molecule has 0 unspecified atom stereocenters. The average molecular weight is 462 g/mol. The minimum absolute atomic E-state index is 0.132. The number of aromatic nitrogens is 3. The number of fused-ring (bicyclic) bond motifs is 9. The van der Waals surface area contributed by atoms with Gasteiger partial charge in [-0.2, -0.15) is 0 Å². The van der Waals surface area contributed by atoms with E-state index in [2.05, 4.69) is 103 Å². The van der Waals surface area contributed by atoms with Crippen molar-refractivity contribution in [1.82, 2.24) is 14.5 Å². The van der Waals surface area contributed by atoms with E-state index in [1.54, 1.807) is 0 Å². The maximum atomic E-state index is 4.98. The van der Waals surface area contributed by atoms with E-state index in [1.807, 2.05) is 18.3 Å². The van der Waals surface area contributed by atoms with E-state index in [0.717, 1.165) is 21.9 Å². The van der Waals surface area contributed by atoms with E-state index in [0.29, 0.717) is 5.95 Å². The lowest BCUT2D eigenvalue weighted by atomic mass is 9.80. The van der Waals surface area contributed by atoms with Gasteiger partial charge in [0.25, 0.3) is 0 Å². The van der Waals surface area contributed by atoms with Crippen LogP contribution in [0.15, 0.2) is 103 Å². The summed E-state index contributed by atoms with van der Waals surface area (Å²) in [6.07, 6.45) is 1.93. The summed E-state index contributed by atoms with van der Waals surface area (Å²) in [6, 6.07) is 34.8. The SMILES string of the molecule is CC1(C)c2cc3ccccc3cc2-c2ccc3c(c21)c1ccccc1n3-c1ncc2ccccc2n1. The lowest BCUT2D eigenvalue weighted by molar-refractivity contribution is 0.667. The maximum absolute atomic E-state index is 4.98. The summed E-state index contributed by atoms with van der Waals surface area (Å²) >= 11 is 0. The minimum atomic E-state index is -0.132. The first kappa shape index (κ1) is 19.8. The van der Waals surface area contributed by atoms with Gasteiger partial charge in [-0.05, 0) is 63.4 Å². The molecule has 0 atom stereocenters. The number of hydrogen-bond acceptors (Lipinski definition) is 2. The number of nitrogens with zero attached hydrogens (tertiary/aromatic N) is 3. The molecule has 0 N–H and O–H groups in total. The summed E-state index contributed by atoms with van der Waals surface area (Å²) in [6.45, 7) is 4.73. The van der Waals surface area contributed by atoms with Crippen LogP contribution in [0.3, 0.4) is 0 Å². The molecule has 1 aliphatic rings. The summed E-state index contributed by atoms with van der Waals surface area (Å²) in [5.41, 5.74) is 8.55. The standard InChI is InChI=1S/C33H23N3/c1-33(2)26-18-21-10-4-3-9-20(21)17-25(26)23-15-16-29-30(31(23)33)24-12-6-8-14-28(24)36(29)32-34-19-22-11-5-7-13-27(22)35-32/h3-19H,1-2H3. The number of hydrogen-bond donors (Lipinski definition) is 0. The van der Waals surface area contributed by atoms with Gasteiger partial charge in [0.05, 0.1) is 16.6 Å². The van der Waals surface area contributed by atoms with Gasteiger partial charge in [0.15, 0.2) is 0 Å². The topological polar surface area (TPSA) is 30.7 Å². The molecule has 3 nitrogen and oxygen atoms in total. The van der Waals surface area contributed by atoms with E-state index in [9.17, 15) is 0 Å². The van der Waals surface area contributed by atoms with Gasteiger partial charge in [0, 0.05) is 27.8 Å². The first-order chi connectivity index (χ1) is 17.6. The average Bonchev–Trinajstić information content (AvgIpc) is 3.36. The second kappa shape index (κ2) is 6.79. The Bertz CT molecular complexity index is 2030. The first-order valence-electron chi connectivity index (χ1n) is 12.4. The second-order valence-corrected chi connectivity index (χ2v) is 10.3. The smallest absolute Gasteiger partial charge is 0.235 e. The fraction of sp³-hybridized carbons (Fsp3) is 0.0909. The monoisotopic (exact) mass is 461 g/mol. The van der Waals surface area contributed by atoms with E-state index < -0.39 is 0 Å². The highest BCUT2D eigenvalue weighted by atomic mass is 15.2. The van der Waals surface area contributed by atoms with E-state index in [-0.39, 0.29) is 5.41 Å². The predicted molar refractivity (Wildman–Crippen MR) is 149 cm³/mol. The van der Waals surface area contributed by atoms with Gasteiger partial charge in [-0.3, -0.25) is 4.57 Å². The molecule has 0 aliphatic heterocycles. The third-order valence-electron chi connectivity index (χ3n) is 7.99. The molecule has 0 fully saturated rings. The molecule has 5 aromatic carbocycles. The Balaban J connectivity index is 1.50. The molecular weight excluding hydrogens is 438 g/mol. The van der Waals surface area contributed by atoms with Crippen molar-refractivity contribution in [3.05, 3.63) is 114 Å². The van der Waals surface area contributed by atoms with Crippen molar-refractivity contribution < 1.29 is 0 Å². The largest absolute Gasteiger partial charge is 0.278 e. The van der Waals surface area contributed by atoms with Crippen LogP contribution in [0.25, 0.3) is 60.6 Å². The molecule has 36 heavy (non-hydrogen) atoms. The van der Waals surface area contributed by atoms with E-state index in [1.165, 1.54) is 43.8 Å². The molecule has 3 heteroatoms. The molecule has 0 spiro atoms. The Morgan fingerprint density at radius 1 is 0.667 bits per heavy atom. The van der Waals surface area contributed by atoms with Gasteiger partial charge in [0.2, 0.25) is 5.95 Å². The van der Waals surface area contributed by atoms with Crippen LogP contribution in [-0.4, -0.2) is 14.5 Å². The summed E-state index contributed by atoms with van der Waals surface area (Å²) in [4.78, 5) is 9.78. The van der Waals surface area contributed by atoms with Crippen molar-refractivity contribution in [3.8, 4) is 17.1 Å². The highest BCUT2D eigenvalue weighted by molar-refractivity contribution is 6.14. The molecule has 170 valence electrons. The zero-order valence-corrected chi connectivity index (χ0v) is 20.2. The van der Waals surface area contributed by atoms with Crippen LogP contribution in [0.2, 0.25) is 0 Å². The lowest BCUT2D eigenvalue weighted by Gasteiger charge is -2.23. The fourth-order valence-corrected chi connectivity index (χ4v) is 6.33. The van der Waals surface area contributed by atoms with Crippen molar-refractivity contribution in [2.45, 2.75) is 19.3 Å². The van der Waals surface area contributed by atoms with Crippen LogP contribution >= 0.6 is 0 Å².